The largest absolute Gasteiger partial charge is 0.457 e. The summed E-state index contributed by atoms with van der Waals surface area (Å²) in [7, 11) is 0. The molecule has 0 bridgehead atoms. The molecule has 2 heterocycles. The van der Waals surface area contributed by atoms with Crippen LogP contribution in [0.15, 0.2) is 42.7 Å². The van der Waals surface area contributed by atoms with Crippen LogP contribution in [-0.2, 0) is 16.1 Å². The minimum Gasteiger partial charge on any atom is -0.457 e. The summed E-state index contributed by atoms with van der Waals surface area (Å²) in [5.41, 5.74) is 1.01. The number of rotatable bonds is 8. The van der Waals surface area contributed by atoms with Gasteiger partial charge in [-0.15, -0.1) is 0 Å². The lowest BCUT2D eigenvalue weighted by Gasteiger charge is -2.35. The molecule has 36 heavy (non-hydrogen) atoms. The molecule has 1 aromatic carbocycles. The van der Waals surface area contributed by atoms with Crippen LogP contribution in [-0.4, -0.2) is 65.2 Å². The number of pyridine rings is 1. The standard InChI is InChI=1S/C26H31ClF2N4O3/c27-21-13-20(14-23(16-21)36-22-3-7-30-8-4-22)18-32-9-11-33(12-10-32)25(35)17-31-24(34)15-19-1-5-26(28,29)6-2-19/h3-4,7-8,13-14,16,19H,1-2,5-6,9-12,15,17-18H2,(H,31,34). The van der Waals surface area contributed by atoms with Gasteiger partial charge >= 0.3 is 0 Å². The molecule has 194 valence electrons. The molecule has 0 unspecified atom stereocenters. The number of hydrogen-bond donors (Lipinski definition) is 1. The van der Waals surface area contributed by atoms with Crippen LogP contribution in [0.4, 0.5) is 8.78 Å². The zero-order valence-electron chi connectivity index (χ0n) is 20.1. The Hall–Kier alpha value is -2.78. The number of hydrogen-bond acceptors (Lipinski definition) is 5. The van der Waals surface area contributed by atoms with Gasteiger partial charge in [0.25, 0.3) is 0 Å². The minimum atomic E-state index is -2.60. The molecule has 1 aromatic heterocycles. The van der Waals surface area contributed by atoms with E-state index in [1.54, 1.807) is 35.5 Å². The molecule has 0 atom stereocenters. The normalized spacial score (nSPS) is 18.6. The lowest BCUT2D eigenvalue weighted by molar-refractivity contribution is -0.134. The highest BCUT2D eigenvalue weighted by atomic mass is 35.5. The van der Waals surface area contributed by atoms with Gasteiger partial charge in [-0.1, -0.05) is 11.6 Å². The third-order valence-electron chi connectivity index (χ3n) is 6.70. The predicted octanol–water partition coefficient (Wildman–Crippen LogP) is 4.50. The number of amides is 2. The summed E-state index contributed by atoms with van der Waals surface area (Å²) in [6, 6.07) is 9.17. The zero-order chi connectivity index (χ0) is 25.5. The molecule has 10 heteroatoms. The van der Waals surface area contributed by atoms with Gasteiger partial charge in [0.2, 0.25) is 17.7 Å². The van der Waals surface area contributed by atoms with Gasteiger partial charge in [0.05, 0.1) is 6.54 Å². The number of piperazine rings is 1. The summed E-state index contributed by atoms with van der Waals surface area (Å²) in [4.78, 5) is 32.7. The average Bonchev–Trinajstić information content (AvgIpc) is 2.84. The van der Waals surface area contributed by atoms with E-state index in [1.165, 1.54) is 0 Å². The van der Waals surface area contributed by atoms with E-state index in [9.17, 15) is 18.4 Å². The van der Waals surface area contributed by atoms with Crippen molar-refractivity contribution in [3.05, 3.63) is 53.3 Å². The number of halogens is 3. The van der Waals surface area contributed by atoms with E-state index in [1.807, 2.05) is 12.1 Å². The van der Waals surface area contributed by atoms with E-state index in [-0.39, 0.29) is 43.5 Å². The Morgan fingerprint density at radius 1 is 1.06 bits per heavy atom. The summed E-state index contributed by atoms with van der Waals surface area (Å²) < 4.78 is 32.4. The van der Waals surface area contributed by atoms with Crippen molar-refractivity contribution in [1.82, 2.24) is 20.1 Å². The van der Waals surface area contributed by atoms with Crippen LogP contribution in [0.25, 0.3) is 0 Å². The molecule has 2 amide bonds. The van der Waals surface area contributed by atoms with Crippen molar-refractivity contribution in [2.45, 2.75) is 44.6 Å². The van der Waals surface area contributed by atoms with Gasteiger partial charge in [-0.25, -0.2) is 8.78 Å². The van der Waals surface area contributed by atoms with Gasteiger partial charge < -0.3 is 15.0 Å². The van der Waals surface area contributed by atoms with E-state index in [2.05, 4.69) is 15.2 Å². The average molecular weight is 521 g/mol. The second kappa shape index (κ2) is 12.0. The Kier molecular flexibility index (Phi) is 8.74. The van der Waals surface area contributed by atoms with Crippen molar-refractivity contribution >= 4 is 23.4 Å². The second-order valence-corrected chi connectivity index (χ2v) is 9.95. The van der Waals surface area contributed by atoms with Gasteiger partial charge in [-0.3, -0.25) is 19.5 Å². The van der Waals surface area contributed by atoms with Gasteiger partial charge in [0, 0.05) is 69.4 Å². The number of ether oxygens (including phenoxy) is 1. The van der Waals surface area contributed by atoms with Crippen LogP contribution in [0, 0.1) is 5.92 Å². The van der Waals surface area contributed by atoms with E-state index in [0.29, 0.717) is 62.1 Å². The summed E-state index contributed by atoms with van der Waals surface area (Å²) in [6.07, 6.45) is 3.88. The van der Waals surface area contributed by atoms with Crippen molar-refractivity contribution in [2.75, 3.05) is 32.7 Å². The molecule has 1 saturated heterocycles. The molecule has 7 nitrogen and oxygen atoms in total. The zero-order valence-corrected chi connectivity index (χ0v) is 20.9. The first-order valence-electron chi connectivity index (χ1n) is 12.3. The number of aromatic nitrogens is 1. The summed E-state index contributed by atoms with van der Waals surface area (Å²) in [5, 5.41) is 3.25. The highest BCUT2D eigenvalue weighted by Gasteiger charge is 2.35. The van der Waals surface area contributed by atoms with E-state index in [0.717, 1.165) is 5.56 Å². The lowest BCUT2D eigenvalue weighted by Crippen LogP contribution is -2.50. The summed E-state index contributed by atoms with van der Waals surface area (Å²) in [6.45, 7) is 3.13. The third kappa shape index (κ3) is 7.86. The van der Waals surface area contributed by atoms with Crippen LogP contribution in [0.2, 0.25) is 5.02 Å². The number of carbonyl (C=O) groups is 2. The van der Waals surface area contributed by atoms with Crippen molar-refractivity contribution in [3.8, 4) is 11.5 Å². The molecular weight excluding hydrogens is 490 g/mol. The van der Waals surface area contributed by atoms with E-state index >= 15 is 0 Å². The maximum absolute atomic E-state index is 13.3. The molecule has 1 aliphatic carbocycles. The Labute approximate surface area is 214 Å². The van der Waals surface area contributed by atoms with Crippen LogP contribution < -0.4 is 10.1 Å². The fourth-order valence-electron chi connectivity index (χ4n) is 4.65. The van der Waals surface area contributed by atoms with Gasteiger partial charge in [0.15, 0.2) is 0 Å². The fourth-order valence-corrected chi connectivity index (χ4v) is 4.90. The molecule has 1 N–H and O–H groups in total. The highest BCUT2D eigenvalue weighted by molar-refractivity contribution is 6.30. The predicted molar refractivity (Wildman–Crippen MR) is 132 cm³/mol. The van der Waals surface area contributed by atoms with Gasteiger partial charge in [-0.05, 0) is 54.7 Å². The fraction of sp³-hybridized carbons (Fsp3) is 0.500. The summed E-state index contributed by atoms with van der Waals surface area (Å²) >= 11 is 6.30. The van der Waals surface area contributed by atoms with Crippen molar-refractivity contribution in [3.63, 3.8) is 0 Å². The topological polar surface area (TPSA) is 74.8 Å². The molecule has 1 aliphatic heterocycles. The number of alkyl halides is 2. The van der Waals surface area contributed by atoms with Crippen molar-refractivity contribution < 1.29 is 23.1 Å². The number of nitrogens with zero attached hydrogens (tertiary/aromatic N) is 3. The molecule has 2 fully saturated rings. The first-order valence-corrected chi connectivity index (χ1v) is 12.7. The monoisotopic (exact) mass is 520 g/mol. The van der Waals surface area contributed by atoms with E-state index < -0.39 is 5.92 Å². The molecule has 0 radical (unpaired) electrons. The molecule has 4 rings (SSSR count). The SMILES string of the molecule is O=C(CC1CCC(F)(F)CC1)NCC(=O)N1CCN(Cc2cc(Cl)cc(Oc3ccncc3)c2)CC1. The Morgan fingerprint density at radius 3 is 2.44 bits per heavy atom. The van der Waals surface area contributed by atoms with Crippen LogP contribution in [0.1, 0.15) is 37.7 Å². The molecule has 1 saturated carbocycles. The maximum Gasteiger partial charge on any atom is 0.248 e. The first-order chi connectivity index (χ1) is 17.3. The van der Waals surface area contributed by atoms with Gasteiger partial charge in [0.1, 0.15) is 11.5 Å². The third-order valence-corrected chi connectivity index (χ3v) is 6.91. The molecule has 2 aromatic rings. The quantitative estimate of drug-likeness (QED) is 0.554. The second-order valence-electron chi connectivity index (χ2n) is 9.52. The van der Waals surface area contributed by atoms with Gasteiger partial charge in [-0.2, -0.15) is 0 Å². The Balaban J connectivity index is 1.19. The number of carbonyl (C=O) groups excluding carboxylic acids is 2. The van der Waals surface area contributed by atoms with Crippen molar-refractivity contribution in [2.24, 2.45) is 5.92 Å². The molecule has 0 spiro atoms. The molecular formula is C26H31ClF2N4O3. The number of benzene rings is 1. The van der Waals surface area contributed by atoms with E-state index in [4.69, 9.17) is 16.3 Å². The minimum absolute atomic E-state index is 0.0367. The van der Waals surface area contributed by atoms with Crippen molar-refractivity contribution in [1.29, 1.82) is 0 Å². The van der Waals surface area contributed by atoms with Crippen LogP contribution in [0.5, 0.6) is 11.5 Å². The number of nitrogens with one attached hydrogen (secondary N) is 1. The first kappa shape index (κ1) is 26.3. The lowest BCUT2D eigenvalue weighted by atomic mass is 9.84. The Bertz CT molecular complexity index is 1040. The maximum atomic E-state index is 13.3. The summed E-state index contributed by atoms with van der Waals surface area (Å²) in [5.74, 6) is -1.69. The molecule has 2 aliphatic rings. The van der Waals surface area contributed by atoms with Crippen LogP contribution in [0.3, 0.4) is 0 Å². The van der Waals surface area contributed by atoms with Crippen LogP contribution >= 0.6 is 11.6 Å². The smallest absolute Gasteiger partial charge is 0.248 e. The Morgan fingerprint density at radius 2 is 1.75 bits per heavy atom. The highest BCUT2D eigenvalue weighted by Crippen LogP contribution is 2.37.